The number of allylic oxidation sites excluding steroid dienone is 1. The van der Waals surface area contributed by atoms with Crippen LogP contribution in [0.3, 0.4) is 0 Å². The molecule has 210 valence electrons. The van der Waals surface area contributed by atoms with Gasteiger partial charge in [0.05, 0.1) is 5.69 Å². The fourth-order valence-electron chi connectivity index (χ4n) is 6.42. The molecule has 38 heavy (non-hydrogen) atoms. The van der Waals surface area contributed by atoms with E-state index in [4.69, 9.17) is 4.99 Å². The number of hydrogen-bond acceptors (Lipinski definition) is 4. The topological polar surface area (TPSA) is 35.8 Å². The first kappa shape index (κ1) is 29.0. The normalized spacial score (nSPS) is 26.5. The highest BCUT2D eigenvalue weighted by atomic mass is 15.3. The maximum Gasteiger partial charge on any atom is 0.124 e. The average molecular weight is 520 g/mol. The summed E-state index contributed by atoms with van der Waals surface area (Å²) in [6.07, 6.45) is 15.8. The molecule has 4 rings (SSSR count). The van der Waals surface area contributed by atoms with Crippen molar-refractivity contribution in [3.63, 3.8) is 0 Å². The SMILES string of the molecule is CCCCCC(C)NCCCC1CC(C2C=NC(N3CCN(C)CC3)=CC2C)C#Cc2c1ccn2C(C)C. The van der Waals surface area contributed by atoms with Crippen LogP contribution in [-0.4, -0.2) is 66.4 Å². The first-order valence-electron chi connectivity index (χ1n) is 15.5. The Morgan fingerprint density at radius 1 is 1.11 bits per heavy atom. The molecule has 5 nitrogen and oxygen atoms in total. The van der Waals surface area contributed by atoms with E-state index < -0.39 is 0 Å². The van der Waals surface area contributed by atoms with Crippen molar-refractivity contribution in [2.24, 2.45) is 22.7 Å². The lowest BCUT2D eigenvalue weighted by atomic mass is 9.76. The molecule has 0 bridgehead atoms. The summed E-state index contributed by atoms with van der Waals surface area (Å²) in [6, 6.07) is 3.41. The summed E-state index contributed by atoms with van der Waals surface area (Å²) in [6.45, 7) is 17.0. The first-order valence-corrected chi connectivity index (χ1v) is 15.5. The molecule has 5 unspecified atom stereocenters. The van der Waals surface area contributed by atoms with Crippen LogP contribution >= 0.6 is 0 Å². The molecular formula is C33H53N5. The van der Waals surface area contributed by atoms with Crippen LogP contribution in [0.1, 0.15) is 103 Å². The zero-order chi connectivity index (χ0) is 27.1. The van der Waals surface area contributed by atoms with Crippen molar-refractivity contribution >= 4 is 6.21 Å². The van der Waals surface area contributed by atoms with E-state index in [1.807, 2.05) is 0 Å². The molecule has 1 aromatic rings. The predicted molar refractivity (Wildman–Crippen MR) is 162 cm³/mol. The minimum Gasteiger partial charge on any atom is -0.354 e. The number of hydrogen-bond donors (Lipinski definition) is 1. The maximum atomic E-state index is 5.01. The van der Waals surface area contributed by atoms with E-state index in [2.05, 4.69) is 97.7 Å². The third kappa shape index (κ3) is 7.33. The molecule has 3 aliphatic rings. The standard InChI is InChI=1S/C33H53N5/c1-7-8-9-11-27(5)34-16-10-12-28-23-29(13-14-32-30(28)15-17-38(32)25(2)3)31-24-35-33(22-26(31)4)37-20-18-36(6)19-21-37/h15,17,22,24-29,31,34H,7-12,16,18-21,23H2,1-6H3. The first-order chi connectivity index (χ1) is 18.4. The lowest BCUT2D eigenvalue weighted by molar-refractivity contribution is 0.182. The largest absolute Gasteiger partial charge is 0.354 e. The highest BCUT2D eigenvalue weighted by molar-refractivity contribution is 5.66. The summed E-state index contributed by atoms with van der Waals surface area (Å²) in [7, 11) is 2.21. The molecule has 0 aromatic carbocycles. The minimum atomic E-state index is 0.345. The molecule has 1 aromatic heterocycles. The Bertz CT molecular complexity index is 1000. The molecule has 5 heteroatoms. The van der Waals surface area contributed by atoms with Crippen LogP contribution < -0.4 is 5.32 Å². The highest BCUT2D eigenvalue weighted by Gasteiger charge is 2.32. The van der Waals surface area contributed by atoms with E-state index >= 15 is 0 Å². The Morgan fingerprint density at radius 2 is 1.89 bits per heavy atom. The molecule has 0 saturated carbocycles. The summed E-state index contributed by atoms with van der Waals surface area (Å²) in [5.74, 6) is 10.3. The quantitative estimate of drug-likeness (QED) is 0.260. The Morgan fingerprint density at radius 3 is 2.61 bits per heavy atom. The number of likely N-dealkylation sites (N-methyl/N-ethyl adjacent to an activating group) is 1. The van der Waals surface area contributed by atoms with Crippen LogP contribution in [0.5, 0.6) is 0 Å². The lowest BCUT2D eigenvalue weighted by Crippen LogP contribution is -2.44. The van der Waals surface area contributed by atoms with Gasteiger partial charge in [0, 0.05) is 62.5 Å². The van der Waals surface area contributed by atoms with E-state index in [9.17, 15) is 0 Å². The number of aromatic nitrogens is 1. The summed E-state index contributed by atoms with van der Waals surface area (Å²) >= 11 is 0. The van der Waals surface area contributed by atoms with Gasteiger partial charge in [0.25, 0.3) is 0 Å². The molecule has 2 aliphatic heterocycles. The molecule has 5 atom stereocenters. The van der Waals surface area contributed by atoms with Gasteiger partial charge >= 0.3 is 0 Å². The van der Waals surface area contributed by atoms with Gasteiger partial charge in [-0.25, -0.2) is 4.99 Å². The molecule has 1 aliphatic carbocycles. The fourth-order valence-corrected chi connectivity index (χ4v) is 6.42. The molecule has 0 amide bonds. The van der Waals surface area contributed by atoms with E-state index in [0.717, 1.165) is 39.1 Å². The molecule has 0 spiro atoms. The molecule has 1 saturated heterocycles. The van der Waals surface area contributed by atoms with Gasteiger partial charge in [0.15, 0.2) is 0 Å². The fraction of sp³-hybridized carbons (Fsp3) is 0.727. The Labute approximate surface area is 233 Å². The zero-order valence-corrected chi connectivity index (χ0v) is 25.0. The van der Waals surface area contributed by atoms with Crippen molar-refractivity contribution in [1.82, 2.24) is 19.7 Å². The minimum absolute atomic E-state index is 0.345. The average Bonchev–Trinajstić information content (AvgIpc) is 3.25. The Kier molecular flexibility index (Phi) is 10.6. The van der Waals surface area contributed by atoms with Crippen molar-refractivity contribution < 1.29 is 0 Å². The lowest BCUT2D eigenvalue weighted by Gasteiger charge is -2.36. The number of nitrogens with zero attached hydrogens (tertiary/aromatic N) is 4. The van der Waals surface area contributed by atoms with Crippen molar-refractivity contribution in [2.75, 3.05) is 39.8 Å². The second-order valence-corrected chi connectivity index (χ2v) is 12.5. The summed E-state index contributed by atoms with van der Waals surface area (Å²) in [5, 5.41) is 3.79. The van der Waals surface area contributed by atoms with Gasteiger partial charge in [0.2, 0.25) is 0 Å². The summed E-state index contributed by atoms with van der Waals surface area (Å²) < 4.78 is 2.38. The number of nitrogens with one attached hydrogen (secondary N) is 1. The van der Waals surface area contributed by atoms with E-state index in [-0.39, 0.29) is 0 Å². The Balaban J connectivity index is 1.42. The number of rotatable bonds is 12. The van der Waals surface area contributed by atoms with Crippen LogP contribution in [0.25, 0.3) is 0 Å². The third-order valence-corrected chi connectivity index (χ3v) is 9.01. The van der Waals surface area contributed by atoms with Crippen molar-refractivity contribution in [3.8, 4) is 11.8 Å². The van der Waals surface area contributed by atoms with Crippen LogP contribution in [0.15, 0.2) is 29.2 Å². The van der Waals surface area contributed by atoms with Crippen molar-refractivity contribution in [1.29, 1.82) is 0 Å². The van der Waals surface area contributed by atoms with Crippen LogP contribution in [0, 0.1) is 29.6 Å². The molecule has 1 N–H and O–H groups in total. The van der Waals surface area contributed by atoms with E-state index in [1.165, 1.54) is 55.6 Å². The molecule has 0 radical (unpaired) electrons. The number of unbranched alkanes of at least 4 members (excludes halogenated alkanes) is 2. The van der Waals surface area contributed by atoms with E-state index in [0.29, 0.717) is 35.8 Å². The van der Waals surface area contributed by atoms with Gasteiger partial charge in [-0.1, -0.05) is 39.0 Å². The van der Waals surface area contributed by atoms with Gasteiger partial charge in [-0.05, 0) is 95.5 Å². The number of fused-ring (bicyclic) bond motifs is 1. The maximum absolute atomic E-state index is 5.01. The van der Waals surface area contributed by atoms with Gasteiger partial charge in [-0.3, -0.25) is 0 Å². The predicted octanol–water partition coefficient (Wildman–Crippen LogP) is 6.29. The van der Waals surface area contributed by atoms with Crippen LogP contribution in [0.2, 0.25) is 0 Å². The second-order valence-electron chi connectivity index (χ2n) is 12.5. The van der Waals surface area contributed by atoms with Crippen LogP contribution in [0.4, 0.5) is 0 Å². The number of aliphatic imine (C=N–C) groups is 1. The Hall–Kier alpha value is -2.03. The molecular weight excluding hydrogens is 466 g/mol. The summed E-state index contributed by atoms with van der Waals surface area (Å²) in [4.78, 5) is 9.87. The van der Waals surface area contributed by atoms with Gasteiger partial charge in [-0.15, -0.1) is 0 Å². The summed E-state index contributed by atoms with van der Waals surface area (Å²) in [5.41, 5.74) is 2.72. The number of piperazine rings is 1. The van der Waals surface area contributed by atoms with Crippen LogP contribution in [-0.2, 0) is 0 Å². The zero-order valence-electron chi connectivity index (χ0n) is 25.0. The second kappa shape index (κ2) is 13.9. The van der Waals surface area contributed by atoms with E-state index in [1.54, 1.807) is 0 Å². The van der Waals surface area contributed by atoms with Crippen molar-refractivity contribution in [3.05, 3.63) is 35.4 Å². The van der Waals surface area contributed by atoms with Gasteiger partial charge < -0.3 is 19.7 Å². The monoisotopic (exact) mass is 519 g/mol. The van der Waals surface area contributed by atoms with Gasteiger partial charge in [-0.2, -0.15) is 0 Å². The smallest absolute Gasteiger partial charge is 0.124 e. The van der Waals surface area contributed by atoms with Crippen molar-refractivity contribution in [2.45, 2.75) is 97.6 Å². The highest BCUT2D eigenvalue weighted by Crippen LogP contribution is 2.39. The molecule has 3 heterocycles. The third-order valence-electron chi connectivity index (χ3n) is 9.01. The van der Waals surface area contributed by atoms with Gasteiger partial charge in [0.1, 0.15) is 5.82 Å². The molecule has 1 fully saturated rings.